The third-order valence-electron chi connectivity index (χ3n) is 4.44. The van der Waals surface area contributed by atoms with Crippen LogP contribution in [0.5, 0.6) is 0 Å². The Morgan fingerprint density at radius 2 is 2.50 bits per heavy atom. The molecule has 0 aliphatic carbocycles. The Hall–Kier alpha value is -0.530. The van der Waals surface area contributed by atoms with Gasteiger partial charge in [-0.3, -0.25) is 11.3 Å². The summed E-state index contributed by atoms with van der Waals surface area (Å²) in [5.41, 5.74) is 4.04. The lowest BCUT2D eigenvalue weighted by Gasteiger charge is -2.40. The highest BCUT2D eigenvalue weighted by Crippen LogP contribution is 2.37. The zero-order valence-electron chi connectivity index (χ0n) is 11.9. The summed E-state index contributed by atoms with van der Waals surface area (Å²) >= 11 is 1.72. The van der Waals surface area contributed by atoms with E-state index in [1.54, 1.807) is 11.3 Å². The summed E-state index contributed by atoms with van der Waals surface area (Å²) in [7, 11) is 0. The van der Waals surface area contributed by atoms with Crippen molar-refractivity contribution in [2.75, 3.05) is 19.8 Å². The number of aryl methyl sites for hydroxylation is 1. The first kappa shape index (κ1) is 14.4. The zero-order valence-corrected chi connectivity index (χ0v) is 12.7. The van der Waals surface area contributed by atoms with Crippen molar-refractivity contribution < 1.29 is 9.47 Å². The highest BCUT2D eigenvalue weighted by Gasteiger charge is 2.42. The minimum atomic E-state index is -0.0587. The molecule has 3 N–H and O–H groups in total. The Morgan fingerprint density at radius 1 is 1.60 bits per heavy atom. The number of rotatable bonds is 4. The largest absolute Gasteiger partial charge is 0.378 e. The minimum absolute atomic E-state index is 0.0587. The summed E-state index contributed by atoms with van der Waals surface area (Å²) < 4.78 is 11.5. The molecule has 3 rings (SSSR count). The van der Waals surface area contributed by atoms with Crippen LogP contribution in [0.1, 0.15) is 30.0 Å². The quantitative estimate of drug-likeness (QED) is 0.649. The summed E-state index contributed by atoms with van der Waals surface area (Å²) in [4.78, 5) is 4.55. The highest BCUT2D eigenvalue weighted by atomic mass is 32.1. The van der Waals surface area contributed by atoms with Crippen LogP contribution in [0.25, 0.3) is 0 Å². The number of hydrogen-bond acceptors (Lipinski definition) is 6. The second-order valence-corrected chi connectivity index (χ2v) is 6.89. The van der Waals surface area contributed by atoms with Gasteiger partial charge >= 0.3 is 0 Å². The van der Waals surface area contributed by atoms with E-state index in [0.717, 1.165) is 56.2 Å². The third kappa shape index (κ3) is 3.04. The number of nitrogens with two attached hydrogens (primary N) is 1. The topological polar surface area (TPSA) is 69.4 Å². The number of hydrazine groups is 1. The van der Waals surface area contributed by atoms with E-state index in [-0.39, 0.29) is 11.6 Å². The maximum Gasteiger partial charge on any atom is 0.0944 e. The molecule has 0 bridgehead atoms. The van der Waals surface area contributed by atoms with Crippen molar-refractivity contribution in [3.63, 3.8) is 0 Å². The molecule has 112 valence electrons. The van der Waals surface area contributed by atoms with Crippen molar-refractivity contribution >= 4 is 11.3 Å². The molecule has 2 aliphatic heterocycles. The molecule has 5 nitrogen and oxygen atoms in total. The van der Waals surface area contributed by atoms with E-state index in [0.29, 0.717) is 5.92 Å². The van der Waals surface area contributed by atoms with Gasteiger partial charge in [-0.1, -0.05) is 0 Å². The minimum Gasteiger partial charge on any atom is -0.378 e. The smallest absolute Gasteiger partial charge is 0.0944 e. The molecule has 3 atom stereocenters. The Kier molecular flexibility index (Phi) is 4.37. The average molecular weight is 297 g/mol. The monoisotopic (exact) mass is 297 g/mol. The number of hydrogen-bond donors (Lipinski definition) is 2. The standard InChI is InChI=1S/C14H23N3O2S/c1-10-8-20-13(16-10)6-12(17-15)11-2-4-19-14(7-11)3-5-18-9-14/h8,11-12,17H,2-7,9,15H2,1H3. The number of nitrogens with one attached hydrogen (secondary N) is 1. The second-order valence-electron chi connectivity index (χ2n) is 5.95. The Labute approximate surface area is 123 Å². The van der Waals surface area contributed by atoms with Crippen molar-refractivity contribution in [3.05, 3.63) is 16.1 Å². The van der Waals surface area contributed by atoms with Crippen molar-refractivity contribution in [3.8, 4) is 0 Å². The molecule has 0 amide bonds. The molecule has 1 aromatic heterocycles. The first-order valence-corrected chi connectivity index (χ1v) is 8.18. The van der Waals surface area contributed by atoms with Gasteiger partial charge in [0.1, 0.15) is 0 Å². The molecule has 6 heteroatoms. The Bertz CT molecular complexity index is 445. The number of nitrogens with zero attached hydrogens (tertiary/aromatic N) is 1. The lowest BCUT2D eigenvalue weighted by atomic mass is 9.80. The number of aromatic nitrogens is 1. The fraction of sp³-hybridized carbons (Fsp3) is 0.786. The summed E-state index contributed by atoms with van der Waals surface area (Å²) in [6.07, 6.45) is 4.00. The van der Waals surface area contributed by atoms with Gasteiger partial charge in [0.25, 0.3) is 0 Å². The second kappa shape index (κ2) is 6.07. The molecule has 2 aliphatic rings. The summed E-state index contributed by atoms with van der Waals surface area (Å²) in [5, 5.41) is 3.26. The molecule has 20 heavy (non-hydrogen) atoms. The molecule has 0 aromatic carbocycles. The van der Waals surface area contributed by atoms with E-state index < -0.39 is 0 Å². The van der Waals surface area contributed by atoms with Crippen LogP contribution >= 0.6 is 11.3 Å². The summed E-state index contributed by atoms with van der Waals surface area (Å²) in [5.74, 6) is 6.33. The fourth-order valence-corrected chi connectivity index (χ4v) is 4.15. The van der Waals surface area contributed by atoms with E-state index in [4.69, 9.17) is 15.3 Å². The predicted molar refractivity (Wildman–Crippen MR) is 78.5 cm³/mol. The highest BCUT2D eigenvalue weighted by molar-refractivity contribution is 7.09. The van der Waals surface area contributed by atoms with Crippen molar-refractivity contribution in [2.45, 2.75) is 44.2 Å². The normalized spacial score (nSPS) is 31.8. The molecule has 0 saturated carbocycles. The maximum atomic E-state index is 6.00. The summed E-state index contributed by atoms with van der Waals surface area (Å²) in [6, 6.07) is 0.266. The molecule has 0 radical (unpaired) electrons. The van der Waals surface area contributed by atoms with Gasteiger partial charge in [-0.05, 0) is 25.7 Å². The van der Waals surface area contributed by atoms with Gasteiger partial charge in [-0.15, -0.1) is 11.3 Å². The Balaban J connectivity index is 1.65. The fourth-order valence-electron chi connectivity index (χ4n) is 3.32. The molecule has 3 unspecified atom stereocenters. The van der Waals surface area contributed by atoms with E-state index in [1.165, 1.54) is 0 Å². The van der Waals surface area contributed by atoms with Crippen molar-refractivity contribution in [1.29, 1.82) is 0 Å². The van der Waals surface area contributed by atoms with Crippen LogP contribution in [0.15, 0.2) is 5.38 Å². The number of ether oxygens (including phenoxy) is 2. The van der Waals surface area contributed by atoms with E-state index >= 15 is 0 Å². The van der Waals surface area contributed by atoms with Crippen molar-refractivity contribution in [2.24, 2.45) is 11.8 Å². The lowest BCUT2D eigenvalue weighted by molar-refractivity contribution is -0.103. The maximum absolute atomic E-state index is 6.00. The summed E-state index contributed by atoms with van der Waals surface area (Å²) in [6.45, 7) is 4.39. The van der Waals surface area contributed by atoms with Gasteiger partial charge in [0.15, 0.2) is 0 Å². The van der Waals surface area contributed by atoms with Gasteiger partial charge in [0.05, 0.1) is 17.2 Å². The van der Waals surface area contributed by atoms with Gasteiger partial charge in [0.2, 0.25) is 0 Å². The van der Waals surface area contributed by atoms with Gasteiger partial charge in [0, 0.05) is 43.2 Å². The van der Waals surface area contributed by atoms with Crippen LogP contribution in [0, 0.1) is 12.8 Å². The molecule has 1 spiro atoms. The van der Waals surface area contributed by atoms with E-state index in [1.807, 2.05) is 6.92 Å². The molecule has 1 aromatic rings. The lowest BCUT2D eigenvalue weighted by Crippen LogP contribution is -2.50. The predicted octanol–water partition coefficient (Wildman–Crippen LogP) is 1.41. The van der Waals surface area contributed by atoms with Crippen LogP contribution in [0.2, 0.25) is 0 Å². The van der Waals surface area contributed by atoms with Crippen LogP contribution < -0.4 is 11.3 Å². The SMILES string of the molecule is Cc1csc(CC(NN)C2CCOC3(CCOC3)C2)n1. The van der Waals surface area contributed by atoms with Gasteiger partial charge < -0.3 is 9.47 Å². The Morgan fingerprint density at radius 3 is 3.15 bits per heavy atom. The van der Waals surface area contributed by atoms with Crippen LogP contribution in [0.3, 0.4) is 0 Å². The number of thiazole rings is 1. The third-order valence-corrected chi connectivity index (χ3v) is 5.43. The van der Waals surface area contributed by atoms with Gasteiger partial charge in [-0.25, -0.2) is 4.98 Å². The van der Waals surface area contributed by atoms with Gasteiger partial charge in [-0.2, -0.15) is 0 Å². The van der Waals surface area contributed by atoms with Crippen LogP contribution in [-0.4, -0.2) is 36.4 Å². The molecular weight excluding hydrogens is 274 g/mol. The molecule has 2 fully saturated rings. The van der Waals surface area contributed by atoms with E-state index in [2.05, 4.69) is 15.8 Å². The molecular formula is C14H23N3O2S. The van der Waals surface area contributed by atoms with E-state index in [9.17, 15) is 0 Å². The van der Waals surface area contributed by atoms with Crippen LogP contribution in [0.4, 0.5) is 0 Å². The molecule has 2 saturated heterocycles. The van der Waals surface area contributed by atoms with Crippen LogP contribution in [-0.2, 0) is 15.9 Å². The van der Waals surface area contributed by atoms with Crippen molar-refractivity contribution in [1.82, 2.24) is 10.4 Å². The molecule has 3 heterocycles. The zero-order chi connectivity index (χ0) is 14.0. The average Bonchev–Trinajstić information content (AvgIpc) is 3.06. The first-order chi connectivity index (χ1) is 9.71. The first-order valence-electron chi connectivity index (χ1n) is 7.30.